The van der Waals surface area contributed by atoms with Gasteiger partial charge in [0.25, 0.3) is 0 Å². The Morgan fingerprint density at radius 2 is 1.46 bits per heavy atom. The molecular weight excluding hydrogens is 223 g/mol. The van der Waals surface area contributed by atoms with Crippen LogP contribution in [0.25, 0.3) is 0 Å². The Hall–Kier alpha value is 0.704. The van der Waals surface area contributed by atoms with Gasteiger partial charge in [0.15, 0.2) is 8.32 Å². The molecular formula is C6H15O4PSi2. The summed E-state index contributed by atoms with van der Waals surface area (Å²) in [5, 5.41) is 0. The van der Waals surface area contributed by atoms with Crippen molar-refractivity contribution in [1.29, 1.82) is 0 Å². The van der Waals surface area contributed by atoms with Crippen molar-refractivity contribution >= 4 is 25.3 Å². The van der Waals surface area contributed by atoms with Gasteiger partial charge in [-0.15, -0.1) is 7.92 Å². The van der Waals surface area contributed by atoms with Crippen LogP contribution in [0.4, 0.5) is 0 Å². The smallest absolute Gasteiger partial charge is 0.394 e. The molecule has 7 heteroatoms. The Morgan fingerprint density at radius 1 is 1.00 bits per heavy atom. The van der Waals surface area contributed by atoms with Crippen molar-refractivity contribution in [2.75, 3.05) is 18.5 Å². The van der Waals surface area contributed by atoms with E-state index in [-0.39, 0.29) is 7.92 Å². The molecule has 2 bridgehead atoms. The zero-order valence-corrected chi connectivity index (χ0v) is 10.3. The highest BCUT2D eigenvalue weighted by Gasteiger charge is 2.50. The lowest BCUT2D eigenvalue weighted by Gasteiger charge is -2.45. The van der Waals surface area contributed by atoms with E-state index in [1.165, 1.54) is 18.5 Å². The molecule has 0 aliphatic carbocycles. The molecule has 3 fully saturated rings. The molecule has 3 aliphatic rings. The van der Waals surface area contributed by atoms with Gasteiger partial charge in [-0.1, -0.05) is 0 Å². The number of fused-ring (bicyclic) bond motifs is 3. The second-order valence-electron chi connectivity index (χ2n) is 3.95. The monoisotopic (exact) mass is 238 g/mol. The highest BCUT2D eigenvalue weighted by Crippen LogP contribution is 2.53. The highest BCUT2D eigenvalue weighted by atomic mass is 31.1. The molecule has 0 aromatic carbocycles. The van der Waals surface area contributed by atoms with Gasteiger partial charge in [-0.05, 0) is 36.6 Å². The van der Waals surface area contributed by atoms with Crippen LogP contribution < -0.4 is 0 Å². The summed E-state index contributed by atoms with van der Waals surface area (Å²) in [7, 11) is -5.89. The number of hydrogen-bond acceptors (Lipinski definition) is 4. The van der Waals surface area contributed by atoms with Gasteiger partial charge in [0, 0.05) is 0 Å². The Labute approximate surface area is 80.9 Å². The van der Waals surface area contributed by atoms with Crippen LogP contribution in [0.2, 0.25) is 18.1 Å². The van der Waals surface area contributed by atoms with Crippen molar-refractivity contribution in [1.82, 2.24) is 0 Å². The predicted octanol–water partition coefficient (Wildman–Crippen LogP) is -0.130. The fraction of sp³-hybridized carbons (Fsp3) is 1.00. The van der Waals surface area contributed by atoms with Crippen LogP contribution >= 0.6 is 7.92 Å². The molecule has 3 N–H and O–H groups in total. The first kappa shape index (κ1) is 10.2. The second kappa shape index (κ2) is 3.38. The molecule has 4 nitrogen and oxygen atoms in total. The number of rotatable bonds is 2. The molecule has 0 atom stereocenters. The summed E-state index contributed by atoms with van der Waals surface area (Å²) in [4.78, 5) is 26.9. The molecule has 0 aromatic heterocycles. The molecule has 0 amide bonds. The molecule has 13 heavy (non-hydrogen) atoms. The quantitative estimate of drug-likeness (QED) is 0.463. The topological polar surface area (TPSA) is 69.9 Å². The summed E-state index contributed by atoms with van der Waals surface area (Å²) in [6.45, 7) is 0. The van der Waals surface area contributed by atoms with Gasteiger partial charge in [-0.2, -0.15) is 0 Å². The average molecular weight is 238 g/mol. The van der Waals surface area contributed by atoms with E-state index in [1.807, 2.05) is 0 Å². The average Bonchev–Trinajstić information content (AvgIpc) is 2.03. The van der Waals surface area contributed by atoms with Crippen molar-refractivity contribution < 1.29 is 18.5 Å². The lowest BCUT2D eigenvalue weighted by molar-refractivity contribution is 0.122. The lowest BCUT2D eigenvalue weighted by atomic mass is 10.8. The minimum atomic E-state index is -4.24. The van der Waals surface area contributed by atoms with E-state index >= 15 is 0 Å². The molecule has 3 saturated heterocycles. The van der Waals surface area contributed by atoms with E-state index in [1.54, 1.807) is 0 Å². The first-order chi connectivity index (χ1) is 5.99. The molecule has 0 aromatic rings. The Kier molecular flexibility index (Phi) is 2.66. The summed E-state index contributed by atoms with van der Waals surface area (Å²) >= 11 is 0. The van der Waals surface area contributed by atoms with E-state index in [0.717, 1.165) is 18.1 Å². The van der Waals surface area contributed by atoms with Crippen LogP contribution in [-0.2, 0) is 4.12 Å². The maximum Gasteiger partial charge on any atom is 0.660 e. The van der Waals surface area contributed by atoms with Gasteiger partial charge in [0.05, 0.1) is 0 Å². The van der Waals surface area contributed by atoms with Crippen LogP contribution in [-0.4, -0.2) is 50.2 Å². The fourth-order valence-electron chi connectivity index (χ4n) is 2.24. The molecule has 76 valence electrons. The first-order valence-electron chi connectivity index (χ1n) is 4.59. The van der Waals surface area contributed by atoms with Crippen molar-refractivity contribution in [3.8, 4) is 0 Å². The first-order valence-corrected chi connectivity index (χ1v) is 10.8. The van der Waals surface area contributed by atoms with Gasteiger partial charge < -0.3 is 18.5 Å². The van der Waals surface area contributed by atoms with Crippen LogP contribution in [0.3, 0.4) is 0 Å². The maximum absolute atomic E-state index is 8.95. The minimum Gasteiger partial charge on any atom is -0.394 e. The fourth-order valence-corrected chi connectivity index (χ4v) is 15.9. The van der Waals surface area contributed by atoms with Gasteiger partial charge in [-0.25, -0.2) is 0 Å². The van der Waals surface area contributed by atoms with Crippen molar-refractivity contribution in [3.05, 3.63) is 0 Å². The SMILES string of the molecule is O[Si](O)(O)O[Si]12CCP(CC1)CC2. The summed E-state index contributed by atoms with van der Waals surface area (Å²) in [6, 6.07) is 3.11. The third kappa shape index (κ3) is 2.38. The van der Waals surface area contributed by atoms with E-state index < -0.39 is 17.4 Å². The Balaban J connectivity index is 2.03. The zero-order chi connectivity index (χ0) is 9.53. The minimum absolute atomic E-state index is 0.248. The molecule has 0 saturated carbocycles. The van der Waals surface area contributed by atoms with E-state index in [4.69, 9.17) is 18.5 Å². The number of hydrogen-bond donors (Lipinski definition) is 3. The van der Waals surface area contributed by atoms with Crippen LogP contribution in [0.1, 0.15) is 0 Å². The third-order valence-corrected chi connectivity index (χ3v) is 13.1. The molecule has 3 aliphatic heterocycles. The molecule has 0 unspecified atom stereocenters. The molecule has 0 spiro atoms. The summed E-state index contributed by atoms with van der Waals surface area (Å²) < 4.78 is 5.21. The van der Waals surface area contributed by atoms with Crippen molar-refractivity contribution in [2.24, 2.45) is 0 Å². The molecule has 0 radical (unpaired) electrons. The standard InChI is InChI=1S/C6H15O4PSi2/c7-13(8,9)10-12-4-1-11(2-5-12)3-6-12/h7-9H,1-6H2. The Morgan fingerprint density at radius 3 is 1.85 bits per heavy atom. The summed E-state index contributed by atoms with van der Waals surface area (Å²) in [6.07, 6.45) is 3.68. The normalized spacial score (nSPS) is 39.5. The summed E-state index contributed by atoms with van der Waals surface area (Å²) in [5.41, 5.74) is 0. The molecule has 3 rings (SSSR count). The maximum atomic E-state index is 8.95. The van der Waals surface area contributed by atoms with E-state index in [0.29, 0.717) is 0 Å². The summed E-state index contributed by atoms with van der Waals surface area (Å²) in [5.74, 6) is 0. The van der Waals surface area contributed by atoms with E-state index in [9.17, 15) is 0 Å². The van der Waals surface area contributed by atoms with Gasteiger partial charge >= 0.3 is 9.05 Å². The van der Waals surface area contributed by atoms with Gasteiger partial charge in [-0.3, -0.25) is 0 Å². The lowest BCUT2D eigenvalue weighted by Crippen LogP contribution is -2.56. The Bertz CT molecular complexity index is 186. The van der Waals surface area contributed by atoms with Crippen LogP contribution in [0.5, 0.6) is 0 Å². The van der Waals surface area contributed by atoms with Crippen molar-refractivity contribution in [2.45, 2.75) is 18.1 Å². The highest BCUT2D eigenvalue weighted by molar-refractivity contribution is 7.59. The van der Waals surface area contributed by atoms with Crippen LogP contribution in [0.15, 0.2) is 0 Å². The zero-order valence-electron chi connectivity index (χ0n) is 7.44. The van der Waals surface area contributed by atoms with Gasteiger partial charge in [0.1, 0.15) is 0 Å². The second-order valence-corrected chi connectivity index (χ2v) is 12.5. The van der Waals surface area contributed by atoms with E-state index in [2.05, 4.69) is 0 Å². The van der Waals surface area contributed by atoms with Crippen molar-refractivity contribution in [3.63, 3.8) is 0 Å². The van der Waals surface area contributed by atoms with Gasteiger partial charge in [0.2, 0.25) is 0 Å². The largest absolute Gasteiger partial charge is 0.660 e. The third-order valence-electron chi connectivity index (χ3n) is 3.00. The predicted molar refractivity (Wildman–Crippen MR) is 55.2 cm³/mol. The molecule has 3 heterocycles. The van der Waals surface area contributed by atoms with Crippen LogP contribution in [0, 0.1) is 0 Å².